The molecule has 0 atom stereocenters. The Morgan fingerprint density at radius 2 is 2.05 bits per heavy atom. The van der Waals surface area contributed by atoms with E-state index in [1.807, 2.05) is 0 Å². The molecular weight excluding hydrogens is 295 g/mol. The third-order valence-electron chi connectivity index (χ3n) is 2.48. The highest BCUT2D eigenvalue weighted by molar-refractivity contribution is 7.91. The van der Waals surface area contributed by atoms with Gasteiger partial charge in [0, 0.05) is 11.1 Å². The Labute approximate surface area is 115 Å². The number of rotatable bonds is 4. The van der Waals surface area contributed by atoms with Crippen molar-refractivity contribution in [3.05, 3.63) is 40.2 Å². The van der Waals surface area contributed by atoms with Gasteiger partial charge < -0.3 is 5.11 Å². The van der Waals surface area contributed by atoms with Crippen molar-refractivity contribution in [3.8, 4) is 0 Å². The average molecular weight is 307 g/mol. The van der Waals surface area contributed by atoms with Crippen LogP contribution in [0.4, 0.5) is 4.39 Å². The van der Waals surface area contributed by atoms with Gasteiger partial charge >= 0.3 is 5.97 Å². The summed E-state index contributed by atoms with van der Waals surface area (Å²) in [5, 5.41) is 8.82. The van der Waals surface area contributed by atoms with Gasteiger partial charge in [-0.3, -0.25) is 0 Å². The molecule has 0 unspecified atom stereocenters. The van der Waals surface area contributed by atoms with E-state index in [4.69, 9.17) is 16.7 Å². The number of carboxylic acid groups (broad SMARTS) is 1. The van der Waals surface area contributed by atoms with E-state index in [1.165, 1.54) is 13.8 Å². The summed E-state index contributed by atoms with van der Waals surface area (Å²) < 4.78 is 37.8. The maximum Gasteiger partial charge on any atom is 0.335 e. The van der Waals surface area contributed by atoms with Crippen LogP contribution in [0, 0.1) is 12.7 Å². The van der Waals surface area contributed by atoms with Crippen molar-refractivity contribution in [2.24, 2.45) is 0 Å². The normalized spacial score (nSPS) is 12.5. The Hall–Kier alpha value is -1.40. The van der Waals surface area contributed by atoms with Gasteiger partial charge in [0.15, 0.2) is 9.84 Å². The fourth-order valence-electron chi connectivity index (χ4n) is 1.51. The van der Waals surface area contributed by atoms with Crippen LogP contribution in [0.1, 0.15) is 22.8 Å². The van der Waals surface area contributed by atoms with Crippen molar-refractivity contribution >= 4 is 27.4 Å². The van der Waals surface area contributed by atoms with Crippen LogP contribution in [0.2, 0.25) is 0 Å². The number of hydrogen-bond donors (Lipinski definition) is 1. The van der Waals surface area contributed by atoms with Crippen molar-refractivity contribution in [2.75, 3.05) is 5.75 Å². The monoisotopic (exact) mass is 306 g/mol. The Bertz CT molecular complexity index is 650. The maximum absolute atomic E-state index is 13.6. The first-order chi connectivity index (χ1) is 8.69. The second-order valence-electron chi connectivity index (χ2n) is 4.10. The van der Waals surface area contributed by atoms with Crippen LogP contribution in [-0.4, -0.2) is 25.2 Å². The largest absolute Gasteiger partial charge is 0.478 e. The second-order valence-corrected chi connectivity index (χ2v) is 6.28. The molecule has 1 aromatic rings. The van der Waals surface area contributed by atoms with Crippen LogP contribution >= 0.6 is 11.6 Å². The van der Waals surface area contributed by atoms with E-state index in [0.29, 0.717) is 5.57 Å². The van der Waals surface area contributed by atoms with Crippen LogP contribution in [0.15, 0.2) is 28.1 Å². The van der Waals surface area contributed by atoms with Gasteiger partial charge in [-0.25, -0.2) is 17.6 Å². The Morgan fingerprint density at radius 3 is 2.53 bits per heavy atom. The Kier molecular flexibility index (Phi) is 4.70. The third-order valence-corrected chi connectivity index (χ3v) is 4.78. The minimum absolute atomic E-state index is 0.104. The fourth-order valence-corrected chi connectivity index (χ4v) is 3.39. The van der Waals surface area contributed by atoms with Crippen molar-refractivity contribution in [1.82, 2.24) is 0 Å². The van der Waals surface area contributed by atoms with Gasteiger partial charge in [-0.2, -0.15) is 0 Å². The molecule has 0 spiro atoms. The summed E-state index contributed by atoms with van der Waals surface area (Å²) in [5.41, 5.74) is 0.980. The van der Waals surface area contributed by atoms with E-state index in [9.17, 15) is 17.6 Å². The van der Waals surface area contributed by atoms with E-state index in [2.05, 4.69) is 0 Å². The van der Waals surface area contributed by atoms with Crippen molar-refractivity contribution < 1.29 is 22.7 Å². The van der Waals surface area contributed by atoms with Gasteiger partial charge in [-0.1, -0.05) is 11.6 Å². The molecule has 104 valence electrons. The van der Waals surface area contributed by atoms with Crippen LogP contribution in [0.5, 0.6) is 0 Å². The van der Waals surface area contributed by atoms with Crippen LogP contribution in [0.25, 0.3) is 0 Å². The number of halogens is 2. The highest BCUT2D eigenvalue weighted by Crippen LogP contribution is 2.23. The summed E-state index contributed by atoms with van der Waals surface area (Å²) in [7, 11) is -3.84. The third kappa shape index (κ3) is 3.54. The molecule has 0 amide bonds. The number of hydrogen-bond acceptors (Lipinski definition) is 3. The quantitative estimate of drug-likeness (QED) is 0.928. The molecule has 1 N–H and O–H groups in total. The number of carbonyl (C=O) groups is 1. The van der Waals surface area contributed by atoms with E-state index in [1.54, 1.807) is 0 Å². The zero-order valence-corrected chi connectivity index (χ0v) is 11.8. The predicted molar refractivity (Wildman–Crippen MR) is 69.8 cm³/mol. The first kappa shape index (κ1) is 15.7. The maximum atomic E-state index is 13.6. The van der Waals surface area contributed by atoms with E-state index < -0.39 is 27.2 Å². The van der Waals surface area contributed by atoms with E-state index >= 15 is 0 Å². The summed E-state index contributed by atoms with van der Waals surface area (Å²) in [5.74, 6) is -2.65. The van der Waals surface area contributed by atoms with Crippen molar-refractivity contribution in [2.45, 2.75) is 18.7 Å². The van der Waals surface area contributed by atoms with Crippen molar-refractivity contribution in [3.63, 3.8) is 0 Å². The summed E-state index contributed by atoms with van der Waals surface area (Å²) in [4.78, 5) is 10.5. The molecule has 0 bridgehead atoms. The molecule has 0 aliphatic carbocycles. The molecule has 4 nitrogen and oxygen atoms in total. The first-order valence-electron chi connectivity index (χ1n) is 5.21. The molecule has 0 aliphatic heterocycles. The standard InChI is InChI=1S/C12H12ClFO4S/c1-7(5-13)6-19(17,18)11-4-9(12(15)16)3-10(14)8(11)2/h3-5H,6H2,1-2H3,(H,15,16)/b7-5-. The molecule has 19 heavy (non-hydrogen) atoms. The predicted octanol–water partition coefficient (Wildman–Crippen LogP) is 2.75. The lowest BCUT2D eigenvalue weighted by Crippen LogP contribution is -2.12. The van der Waals surface area contributed by atoms with Gasteiger partial charge in [0.2, 0.25) is 0 Å². The smallest absolute Gasteiger partial charge is 0.335 e. The van der Waals surface area contributed by atoms with Crippen LogP contribution in [0.3, 0.4) is 0 Å². The van der Waals surface area contributed by atoms with E-state index in [0.717, 1.165) is 17.7 Å². The number of carboxylic acids is 1. The molecular formula is C12H12ClFO4S. The lowest BCUT2D eigenvalue weighted by molar-refractivity contribution is 0.0696. The molecule has 0 heterocycles. The molecule has 1 rings (SSSR count). The summed E-state index contributed by atoms with van der Waals surface area (Å²) in [6.07, 6.45) is 0. The molecule has 0 fully saturated rings. The lowest BCUT2D eigenvalue weighted by atomic mass is 10.1. The molecule has 0 saturated carbocycles. The van der Waals surface area contributed by atoms with Gasteiger partial charge in [0.05, 0.1) is 16.2 Å². The van der Waals surface area contributed by atoms with Crippen LogP contribution < -0.4 is 0 Å². The minimum atomic E-state index is -3.84. The highest BCUT2D eigenvalue weighted by atomic mass is 35.5. The van der Waals surface area contributed by atoms with E-state index in [-0.39, 0.29) is 16.2 Å². The molecule has 1 aromatic carbocycles. The first-order valence-corrected chi connectivity index (χ1v) is 7.30. The topological polar surface area (TPSA) is 71.4 Å². The lowest BCUT2D eigenvalue weighted by Gasteiger charge is -2.10. The summed E-state index contributed by atoms with van der Waals surface area (Å²) in [6.45, 7) is 2.80. The number of benzene rings is 1. The molecule has 0 saturated heterocycles. The van der Waals surface area contributed by atoms with Crippen LogP contribution in [-0.2, 0) is 9.84 Å². The van der Waals surface area contributed by atoms with Crippen molar-refractivity contribution in [1.29, 1.82) is 0 Å². The summed E-state index contributed by atoms with van der Waals surface area (Å²) in [6, 6.07) is 1.75. The Balaban J connectivity index is 3.45. The number of aromatic carboxylic acids is 1. The summed E-state index contributed by atoms with van der Waals surface area (Å²) >= 11 is 5.40. The second kappa shape index (κ2) is 5.71. The van der Waals surface area contributed by atoms with Gasteiger partial charge in [0.25, 0.3) is 0 Å². The molecule has 0 radical (unpaired) electrons. The van der Waals surface area contributed by atoms with Gasteiger partial charge in [0.1, 0.15) is 5.82 Å². The minimum Gasteiger partial charge on any atom is -0.478 e. The Morgan fingerprint density at radius 1 is 1.47 bits per heavy atom. The highest BCUT2D eigenvalue weighted by Gasteiger charge is 2.22. The fraction of sp³-hybridized carbons (Fsp3) is 0.250. The average Bonchev–Trinajstić information content (AvgIpc) is 2.31. The zero-order chi connectivity index (χ0) is 14.8. The number of sulfone groups is 1. The van der Waals surface area contributed by atoms with Gasteiger partial charge in [-0.15, -0.1) is 0 Å². The molecule has 7 heteroatoms. The zero-order valence-electron chi connectivity index (χ0n) is 10.3. The van der Waals surface area contributed by atoms with Gasteiger partial charge in [-0.05, 0) is 31.6 Å². The molecule has 0 aromatic heterocycles. The SMILES string of the molecule is C/C(=C/Cl)CS(=O)(=O)c1cc(C(=O)O)cc(F)c1C. The molecule has 0 aliphatic rings.